The number of aryl methyl sites for hydroxylation is 1. The van der Waals surface area contributed by atoms with E-state index in [-0.39, 0.29) is 18.4 Å². The average molecular weight is 402 g/mol. The molecule has 0 aliphatic rings. The predicted octanol–water partition coefficient (Wildman–Crippen LogP) is 5.63. The lowest BCUT2D eigenvalue weighted by Crippen LogP contribution is -2.33. The molecule has 0 radical (unpaired) electrons. The van der Waals surface area contributed by atoms with Crippen molar-refractivity contribution in [3.8, 4) is 0 Å². The topological polar surface area (TPSA) is 34.0 Å². The number of nitrogens with one attached hydrogen (secondary N) is 1. The van der Waals surface area contributed by atoms with Crippen molar-refractivity contribution in [1.82, 2.24) is 9.88 Å². The second kappa shape index (κ2) is 8.31. The monoisotopic (exact) mass is 402 g/mol. The summed E-state index contributed by atoms with van der Waals surface area (Å²) >= 11 is 0. The molecule has 154 valence electrons. The third kappa shape index (κ3) is 4.63. The van der Waals surface area contributed by atoms with Gasteiger partial charge in [-0.1, -0.05) is 43.3 Å². The van der Waals surface area contributed by atoms with E-state index in [1.165, 1.54) is 6.07 Å². The first kappa shape index (κ1) is 21.0. The van der Waals surface area contributed by atoms with Crippen LogP contribution in [0.2, 0.25) is 0 Å². The molecule has 0 bridgehead atoms. The molecular weight excluding hydrogens is 377 g/mol. The molecule has 1 heterocycles. The number of rotatable bonds is 6. The van der Waals surface area contributed by atoms with E-state index in [2.05, 4.69) is 5.32 Å². The van der Waals surface area contributed by atoms with Crippen LogP contribution < -0.4 is 5.32 Å². The Balaban J connectivity index is 2.08. The van der Waals surface area contributed by atoms with Gasteiger partial charge < -0.3 is 9.88 Å². The fraction of sp³-hybridized carbons (Fsp3) is 0.348. The summed E-state index contributed by atoms with van der Waals surface area (Å²) in [5.41, 5.74) is 1.60. The fourth-order valence-electron chi connectivity index (χ4n) is 3.61. The molecule has 0 saturated heterocycles. The average Bonchev–Trinajstić information content (AvgIpc) is 3.02. The maximum absolute atomic E-state index is 13.3. The van der Waals surface area contributed by atoms with Gasteiger partial charge in [0.25, 0.3) is 0 Å². The quantitative estimate of drug-likeness (QED) is 0.569. The molecule has 6 heteroatoms. The van der Waals surface area contributed by atoms with Gasteiger partial charge in [-0.25, -0.2) is 0 Å². The lowest BCUT2D eigenvalue weighted by molar-refractivity contribution is -0.137. The van der Waals surface area contributed by atoms with Crippen molar-refractivity contribution in [2.45, 2.75) is 44.8 Å². The molecule has 0 aliphatic heterocycles. The first-order valence-electron chi connectivity index (χ1n) is 9.71. The lowest BCUT2D eigenvalue weighted by Gasteiger charge is -2.20. The van der Waals surface area contributed by atoms with Crippen LogP contribution in [0.3, 0.4) is 0 Å². The second-order valence-corrected chi connectivity index (χ2v) is 7.47. The summed E-state index contributed by atoms with van der Waals surface area (Å²) in [4.78, 5) is 12.7. The molecule has 0 unspecified atom stereocenters. The van der Waals surface area contributed by atoms with Crippen LogP contribution in [0.15, 0.2) is 54.7 Å². The number of aromatic nitrogens is 1. The Hall–Kier alpha value is -2.76. The molecule has 29 heavy (non-hydrogen) atoms. The SMILES string of the molecule is CC[C@H](C)NC(=O)C[C@H](c1cccc(C(F)(F)F)c1)c1cn(C)c2ccccc12. The first-order valence-corrected chi connectivity index (χ1v) is 9.71. The van der Waals surface area contributed by atoms with Gasteiger partial charge in [0, 0.05) is 42.5 Å². The molecule has 0 saturated carbocycles. The van der Waals surface area contributed by atoms with Gasteiger partial charge in [-0.15, -0.1) is 0 Å². The van der Waals surface area contributed by atoms with Crippen LogP contribution in [0.4, 0.5) is 13.2 Å². The predicted molar refractivity (Wildman–Crippen MR) is 109 cm³/mol. The van der Waals surface area contributed by atoms with Crippen molar-refractivity contribution in [3.63, 3.8) is 0 Å². The largest absolute Gasteiger partial charge is 0.416 e. The van der Waals surface area contributed by atoms with Crippen LogP contribution >= 0.6 is 0 Å². The Bertz CT molecular complexity index is 1010. The Kier molecular flexibility index (Phi) is 6.01. The number of carbonyl (C=O) groups is 1. The van der Waals surface area contributed by atoms with Gasteiger partial charge in [-0.05, 0) is 36.6 Å². The maximum Gasteiger partial charge on any atom is 0.416 e. The summed E-state index contributed by atoms with van der Waals surface area (Å²) in [6.45, 7) is 3.88. The van der Waals surface area contributed by atoms with Crippen molar-refractivity contribution in [2.24, 2.45) is 7.05 Å². The summed E-state index contributed by atoms with van der Waals surface area (Å²) in [6.07, 6.45) is -1.65. The van der Waals surface area contributed by atoms with E-state index < -0.39 is 17.7 Å². The van der Waals surface area contributed by atoms with Crippen molar-refractivity contribution >= 4 is 16.8 Å². The number of amides is 1. The zero-order valence-electron chi connectivity index (χ0n) is 16.8. The van der Waals surface area contributed by atoms with Crippen LogP contribution in [-0.2, 0) is 18.0 Å². The minimum absolute atomic E-state index is 0.0113. The Morgan fingerprint density at radius 3 is 2.55 bits per heavy atom. The zero-order valence-corrected chi connectivity index (χ0v) is 16.8. The number of hydrogen-bond acceptors (Lipinski definition) is 1. The third-order valence-electron chi connectivity index (χ3n) is 5.33. The number of halogens is 3. The molecule has 0 spiro atoms. The molecule has 0 fully saturated rings. The molecule has 1 aromatic heterocycles. The second-order valence-electron chi connectivity index (χ2n) is 7.47. The number of para-hydroxylation sites is 1. The molecule has 3 aromatic rings. The molecule has 1 amide bonds. The fourth-order valence-corrected chi connectivity index (χ4v) is 3.61. The minimum atomic E-state index is -4.43. The highest BCUT2D eigenvalue weighted by Crippen LogP contribution is 2.37. The van der Waals surface area contributed by atoms with Gasteiger partial charge >= 0.3 is 6.18 Å². The van der Waals surface area contributed by atoms with Gasteiger partial charge in [0.05, 0.1) is 5.56 Å². The summed E-state index contributed by atoms with van der Waals surface area (Å²) in [5, 5.41) is 3.87. The van der Waals surface area contributed by atoms with E-state index in [0.717, 1.165) is 35.0 Å². The minimum Gasteiger partial charge on any atom is -0.354 e. The first-order chi connectivity index (χ1) is 13.7. The van der Waals surface area contributed by atoms with Gasteiger partial charge in [0.15, 0.2) is 0 Å². The van der Waals surface area contributed by atoms with Crippen LogP contribution in [0.5, 0.6) is 0 Å². The highest BCUT2D eigenvalue weighted by atomic mass is 19.4. The highest BCUT2D eigenvalue weighted by molar-refractivity contribution is 5.86. The van der Waals surface area contributed by atoms with E-state index >= 15 is 0 Å². The lowest BCUT2D eigenvalue weighted by atomic mass is 9.87. The third-order valence-corrected chi connectivity index (χ3v) is 5.33. The smallest absolute Gasteiger partial charge is 0.354 e. The summed E-state index contributed by atoms with van der Waals surface area (Å²) < 4.78 is 41.8. The Morgan fingerprint density at radius 1 is 1.14 bits per heavy atom. The molecule has 3 nitrogen and oxygen atoms in total. The number of hydrogen-bond donors (Lipinski definition) is 1. The zero-order chi connectivity index (χ0) is 21.2. The van der Waals surface area contributed by atoms with Crippen LogP contribution in [0.1, 0.15) is 49.3 Å². The molecule has 1 N–H and O–H groups in total. The van der Waals surface area contributed by atoms with Gasteiger partial charge in [-0.2, -0.15) is 13.2 Å². The van der Waals surface area contributed by atoms with Gasteiger partial charge in [0.1, 0.15) is 0 Å². The van der Waals surface area contributed by atoms with Crippen molar-refractivity contribution in [3.05, 3.63) is 71.4 Å². The van der Waals surface area contributed by atoms with Gasteiger partial charge in [-0.3, -0.25) is 4.79 Å². The molecule has 3 rings (SSSR count). The van der Waals surface area contributed by atoms with Crippen molar-refractivity contribution < 1.29 is 18.0 Å². The number of alkyl halides is 3. The number of nitrogens with zero attached hydrogens (tertiary/aromatic N) is 1. The van der Waals surface area contributed by atoms with E-state index in [0.29, 0.717) is 5.56 Å². The Labute approximate surface area is 168 Å². The Morgan fingerprint density at radius 2 is 1.86 bits per heavy atom. The summed E-state index contributed by atoms with van der Waals surface area (Å²) in [5.74, 6) is -0.651. The standard InChI is InChI=1S/C23H25F3N2O/c1-4-15(2)27-22(29)13-19(16-8-7-9-17(12-16)23(24,25)26)20-14-28(3)21-11-6-5-10-18(20)21/h5-12,14-15,19H,4,13H2,1-3H3,(H,27,29)/t15-,19+/m0/s1. The van der Waals surface area contributed by atoms with Crippen molar-refractivity contribution in [2.75, 3.05) is 0 Å². The van der Waals surface area contributed by atoms with Crippen LogP contribution in [-0.4, -0.2) is 16.5 Å². The molecule has 0 aliphatic carbocycles. The molecular formula is C23H25F3N2O. The van der Waals surface area contributed by atoms with Crippen molar-refractivity contribution in [1.29, 1.82) is 0 Å². The molecule has 2 atom stereocenters. The number of carbonyl (C=O) groups excluding carboxylic acids is 1. The number of benzene rings is 2. The van der Waals surface area contributed by atoms with Crippen LogP contribution in [0.25, 0.3) is 10.9 Å². The number of fused-ring (bicyclic) bond motifs is 1. The maximum atomic E-state index is 13.3. The summed E-state index contributed by atoms with van der Waals surface area (Å²) in [7, 11) is 1.90. The molecule has 2 aromatic carbocycles. The highest BCUT2D eigenvalue weighted by Gasteiger charge is 2.32. The van der Waals surface area contributed by atoms with Crippen LogP contribution in [0, 0.1) is 0 Å². The van der Waals surface area contributed by atoms with E-state index in [1.54, 1.807) is 6.07 Å². The summed E-state index contributed by atoms with van der Waals surface area (Å²) in [6, 6.07) is 13.0. The normalized spacial score (nSPS) is 14.0. The van der Waals surface area contributed by atoms with E-state index in [1.807, 2.05) is 55.9 Å². The van der Waals surface area contributed by atoms with E-state index in [9.17, 15) is 18.0 Å². The van der Waals surface area contributed by atoms with Gasteiger partial charge in [0.2, 0.25) is 5.91 Å². The van der Waals surface area contributed by atoms with E-state index in [4.69, 9.17) is 0 Å².